The van der Waals surface area contributed by atoms with Gasteiger partial charge < -0.3 is 10.1 Å². The smallest absolute Gasteiger partial charge is 0.319 e. The number of carbonyl (C=O) groups is 1. The third kappa shape index (κ3) is 3.62. The number of carbonyl (C=O) groups excluding carboxylic acids is 1. The quantitative estimate of drug-likeness (QED) is 0.779. The van der Waals surface area contributed by atoms with Gasteiger partial charge >= 0.3 is 5.97 Å². The Kier molecular flexibility index (Phi) is 4.92. The van der Waals surface area contributed by atoms with Crippen LogP contribution in [0.15, 0.2) is 24.3 Å². The first-order chi connectivity index (χ1) is 7.65. The molecule has 16 heavy (non-hydrogen) atoms. The van der Waals surface area contributed by atoms with Crippen LogP contribution in [0.4, 0.5) is 4.39 Å². The highest BCUT2D eigenvalue weighted by molar-refractivity contribution is 5.71. The number of rotatable bonds is 5. The van der Waals surface area contributed by atoms with Crippen molar-refractivity contribution in [3.63, 3.8) is 0 Å². The van der Waals surface area contributed by atoms with E-state index in [1.165, 1.54) is 6.07 Å². The van der Waals surface area contributed by atoms with E-state index in [1.54, 1.807) is 32.0 Å². The maximum absolute atomic E-state index is 13.4. The number of ether oxygens (including phenoxy) is 1. The lowest BCUT2D eigenvalue weighted by Gasteiger charge is -2.14. The minimum atomic E-state index is -0.328. The molecule has 0 radical (unpaired) electrons. The molecular formula is C12H16FNO2. The summed E-state index contributed by atoms with van der Waals surface area (Å²) in [5.74, 6) is -0.600. The number of halogens is 1. The van der Waals surface area contributed by atoms with E-state index in [2.05, 4.69) is 5.32 Å². The first-order valence-corrected chi connectivity index (χ1v) is 5.28. The topological polar surface area (TPSA) is 38.3 Å². The van der Waals surface area contributed by atoms with Crippen LogP contribution in [0.3, 0.4) is 0 Å². The van der Waals surface area contributed by atoms with E-state index in [9.17, 15) is 9.18 Å². The Hall–Kier alpha value is -1.42. The predicted molar refractivity (Wildman–Crippen MR) is 59.5 cm³/mol. The van der Waals surface area contributed by atoms with Crippen molar-refractivity contribution in [3.8, 4) is 0 Å². The molecule has 0 saturated heterocycles. The fraction of sp³-hybridized carbons (Fsp3) is 0.417. The van der Waals surface area contributed by atoms with Crippen LogP contribution in [0.5, 0.6) is 0 Å². The van der Waals surface area contributed by atoms with E-state index >= 15 is 0 Å². The van der Waals surface area contributed by atoms with Gasteiger partial charge in [-0.15, -0.1) is 0 Å². The summed E-state index contributed by atoms with van der Waals surface area (Å²) >= 11 is 0. The lowest BCUT2D eigenvalue weighted by Crippen LogP contribution is -2.27. The minimum Gasteiger partial charge on any atom is -0.465 e. The Morgan fingerprint density at radius 3 is 2.81 bits per heavy atom. The minimum absolute atomic E-state index is 0.0866. The van der Waals surface area contributed by atoms with Crippen LogP contribution in [0, 0.1) is 5.82 Å². The largest absolute Gasteiger partial charge is 0.465 e. The molecule has 0 saturated carbocycles. The molecule has 0 fully saturated rings. The molecule has 88 valence electrons. The molecule has 0 spiro atoms. The highest BCUT2D eigenvalue weighted by Crippen LogP contribution is 2.15. The normalized spacial score (nSPS) is 12.2. The lowest BCUT2D eigenvalue weighted by molar-refractivity contribution is -0.142. The molecule has 1 atom stereocenters. The van der Waals surface area contributed by atoms with Crippen molar-refractivity contribution in [2.75, 3.05) is 13.2 Å². The van der Waals surface area contributed by atoms with Crippen LogP contribution >= 0.6 is 0 Å². The third-order valence-electron chi connectivity index (χ3n) is 2.23. The van der Waals surface area contributed by atoms with Gasteiger partial charge in [-0.1, -0.05) is 18.2 Å². The number of hydrogen-bond acceptors (Lipinski definition) is 3. The molecule has 1 rings (SSSR count). The molecular weight excluding hydrogens is 209 g/mol. The molecule has 0 aliphatic heterocycles. The van der Waals surface area contributed by atoms with Gasteiger partial charge in [-0.2, -0.15) is 0 Å². The Labute approximate surface area is 94.6 Å². The van der Waals surface area contributed by atoms with Gasteiger partial charge in [-0.25, -0.2) is 4.39 Å². The van der Waals surface area contributed by atoms with E-state index in [0.717, 1.165) is 0 Å². The van der Waals surface area contributed by atoms with Crippen LogP contribution in [0.25, 0.3) is 0 Å². The molecule has 1 aromatic rings. The molecule has 0 aromatic heterocycles. The molecule has 1 N–H and O–H groups in total. The molecule has 0 bridgehead atoms. The van der Waals surface area contributed by atoms with E-state index in [4.69, 9.17) is 4.74 Å². The summed E-state index contributed by atoms with van der Waals surface area (Å²) in [6, 6.07) is 6.28. The monoisotopic (exact) mass is 225 g/mol. The summed E-state index contributed by atoms with van der Waals surface area (Å²) in [4.78, 5) is 11.1. The molecule has 0 aliphatic carbocycles. The average Bonchev–Trinajstić information content (AvgIpc) is 2.27. The fourth-order valence-corrected chi connectivity index (χ4v) is 1.38. The molecule has 3 nitrogen and oxygen atoms in total. The van der Waals surface area contributed by atoms with Crippen molar-refractivity contribution in [1.29, 1.82) is 0 Å². The number of benzene rings is 1. The van der Waals surface area contributed by atoms with E-state index in [0.29, 0.717) is 12.2 Å². The maximum atomic E-state index is 13.4. The van der Waals surface area contributed by atoms with E-state index in [1.807, 2.05) is 0 Å². The third-order valence-corrected chi connectivity index (χ3v) is 2.23. The van der Waals surface area contributed by atoms with Gasteiger partial charge in [0.2, 0.25) is 0 Å². The van der Waals surface area contributed by atoms with Crippen LogP contribution in [-0.2, 0) is 9.53 Å². The Bertz CT molecular complexity index is 355. The number of hydrogen-bond donors (Lipinski definition) is 1. The van der Waals surface area contributed by atoms with Gasteiger partial charge in [-0.05, 0) is 19.9 Å². The summed E-state index contributed by atoms with van der Waals surface area (Å²) < 4.78 is 18.1. The summed E-state index contributed by atoms with van der Waals surface area (Å²) in [5, 5.41) is 2.91. The second kappa shape index (κ2) is 6.23. The standard InChI is InChI=1S/C12H16FNO2/c1-3-16-12(15)8-14-9(2)10-6-4-5-7-11(10)13/h4-7,9,14H,3,8H2,1-2H3. The molecule has 4 heteroatoms. The van der Waals surface area contributed by atoms with Crippen molar-refractivity contribution < 1.29 is 13.9 Å². The predicted octanol–water partition coefficient (Wildman–Crippen LogP) is 2.04. The number of esters is 1. The average molecular weight is 225 g/mol. The van der Waals surface area contributed by atoms with Crippen LogP contribution in [0.1, 0.15) is 25.5 Å². The van der Waals surface area contributed by atoms with Crippen LogP contribution in [0.2, 0.25) is 0 Å². The Balaban J connectivity index is 2.50. The SMILES string of the molecule is CCOC(=O)CNC(C)c1ccccc1F. The second-order valence-corrected chi connectivity index (χ2v) is 3.43. The van der Waals surface area contributed by atoms with Crippen LogP contribution in [-0.4, -0.2) is 19.1 Å². The Morgan fingerprint density at radius 1 is 1.50 bits per heavy atom. The highest BCUT2D eigenvalue weighted by Gasteiger charge is 2.11. The highest BCUT2D eigenvalue weighted by atomic mass is 19.1. The van der Waals surface area contributed by atoms with Crippen molar-refractivity contribution in [1.82, 2.24) is 5.32 Å². The van der Waals surface area contributed by atoms with Crippen molar-refractivity contribution in [2.45, 2.75) is 19.9 Å². The zero-order valence-electron chi connectivity index (χ0n) is 9.50. The summed E-state index contributed by atoms with van der Waals surface area (Å²) in [7, 11) is 0. The molecule has 1 unspecified atom stereocenters. The van der Waals surface area contributed by atoms with Crippen molar-refractivity contribution >= 4 is 5.97 Å². The molecule has 0 aliphatic rings. The maximum Gasteiger partial charge on any atom is 0.319 e. The van der Waals surface area contributed by atoms with E-state index < -0.39 is 0 Å². The van der Waals surface area contributed by atoms with Gasteiger partial charge in [-0.3, -0.25) is 4.79 Å². The number of nitrogens with one attached hydrogen (secondary N) is 1. The molecule has 0 heterocycles. The molecule has 1 aromatic carbocycles. The van der Waals surface area contributed by atoms with Gasteiger partial charge in [0.1, 0.15) is 5.82 Å². The first kappa shape index (κ1) is 12.6. The summed E-state index contributed by atoms with van der Waals surface area (Å²) in [6.07, 6.45) is 0. The molecule has 0 amide bonds. The van der Waals surface area contributed by atoms with Crippen LogP contribution < -0.4 is 5.32 Å². The van der Waals surface area contributed by atoms with E-state index in [-0.39, 0.29) is 24.4 Å². The summed E-state index contributed by atoms with van der Waals surface area (Å²) in [6.45, 7) is 3.99. The van der Waals surface area contributed by atoms with Gasteiger partial charge in [0.15, 0.2) is 0 Å². The van der Waals surface area contributed by atoms with Crippen molar-refractivity contribution in [3.05, 3.63) is 35.6 Å². The van der Waals surface area contributed by atoms with Gasteiger partial charge in [0.05, 0.1) is 13.2 Å². The fourth-order valence-electron chi connectivity index (χ4n) is 1.38. The zero-order valence-corrected chi connectivity index (χ0v) is 9.50. The summed E-state index contributed by atoms with van der Waals surface area (Å²) in [5.41, 5.74) is 0.548. The van der Waals surface area contributed by atoms with Gasteiger partial charge in [0, 0.05) is 11.6 Å². The van der Waals surface area contributed by atoms with Crippen molar-refractivity contribution in [2.24, 2.45) is 0 Å². The Morgan fingerprint density at radius 2 is 2.19 bits per heavy atom. The van der Waals surface area contributed by atoms with Gasteiger partial charge in [0.25, 0.3) is 0 Å². The zero-order chi connectivity index (χ0) is 12.0. The first-order valence-electron chi connectivity index (χ1n) is 5.28. The second-order valence-electron chi connectivity index (χ2n) is 3.43. The lowest BCUT2D eigenvalue weighted by atomic mass is 10.1.